The Hall–Kier alpha value is -3.76. The van der Waals surface area contributed by atoms with Gasteiger partial charge in [0.2, 0.25) is 5.82 Å². The van der Waals surface area contributed by atoms with E-state index in [0.29, 0.717) is 22.5 Å². The number of azo groups is 1. The van der Waals surface area contributed by atoms with Crippen molar-refractivity contribution >= 4 is 17.3 Å². The Kier molecular flexibility index (Phi) is 6.09. The molecule has 2 N–H and O–H groups in total. The average Bonchev–Trinajstić information content (AvgIpc) is 3.21. The van der Waals surface area contributed by atoms with Crippen molar-refractivity contribution in [3.63, 3.8) is 0 Å². The Balaban J connectivity index is 1.68. The number of alkyl halides is 3. The fourth-order valence-corrected chi connectivity index (χ4v) is 2.38. The van der Waals surface area contributed by atoms with Crippen molar-refractivity contribution in [3.05, 3.63) is 59.5 Å². The Morgan fingerprint density at radius 1 is 1.20 bits per heavy atom. The van der Waals surface area contributed by atoms with Crippen molar-refractivity contribution in [1.29, 1.82) is 0 Å². The van der Waals surface area contributed by atoms with Crippen molar-refractivity contribution in [1.82, 2.24) is 10.1 Å². The van der Waals surface area contributed by atoms with Crippen LogP contribution in [-0.2, 0) is 17.5 Å². The lowest BCUT2D eigenvalue weighted by molar-refractivity contribution is -0.159. The number of aromatic nitrogens is 2. The minimum absolute atomic E-state index is 0.168. The van der Waals surface area contributed by atoms with Gasteiger partial charge in [-0.3, -0.25) is 0 Å². The molecular formula is C19H16F3N5O3. The standard InChI is InChI=1S/C19H16F3N5O3/c1-2-29-17(28)13-7-8-14(23)15(9-13)26-24-10-11-3-5-12(6-4-11)16-25-18(30-27-16)19(20,21)22/h3-9H,2,10,23H2,1H3. The maximum absolute atomic E-state index is 12.5. The molecule has 0 aliphatic carbocycles. The van der Waals surface area contributed by atoms with E-state index >= 15 is 0 Å². The molecule has 156 valence electrons. The predicted molar refractivity (Wildman–Crippen MR) is 99.8 cm³/mol. The summed E-state index contributed by atoms with van der Waals surface area (Å²) in [4.78, 5) is 15.1. The molecule has 1 heterocycles. The number of hydrogen-bond acceptors (Lipinski definition) is 8. The van der Waals surface area contributed by atoms with Crippen molar-refractivity contribution in [2.24, 2.45) is 10.2 Å². The zero-order valence-corrected chi connectivity index (χ0v) is 15.7. The van der Waals surface area contributed by atoms with Gasteiger partial charge >= 0.3 is 18.0 Å². The van der Waals surface area contributed by atoms with E-state index in [1.165, 1.54) is 18.2 Å². The first-order chi connectivity index (χ1) is 14.3. The Labute approximate surface area is 168 Å². The van der Waals surface area contributed by atoms with E-state index in [1.54, 1.807) is 31.2 Å². The molecule has 1 aromatic heterocycles. The van der Waals surface area contributed by atoms with E-state index in [-0.39, 0.29) is 19.0 Å². The van der Waals surface area contributed by atoms with Crippen LogP contribution in [0.4, 0.5) is 24.5 Å². The van der Waals surface area contributed by atoms with E-state index in [1.807, 2.05) is 0 Å². The topological polar surface area (TPSA) is 116 Å². The Bertz CT molecular complexity index is 1060. The number of carbonyl (C=O) groups is 1. The molecule has 2 aromatic carbocycles. The zero-order valence-electron chi connectivity index (χ0n) is 15.7. The molecule has 0 spiro atoms. The van der Waals surface area contributed by atoms with E-state index < -0.39 is 18.0 Å². The molecule has 0 saturated heterocycles. The predicted octanol–water partition coefficient (Wildman–Crippen LogP) is 4.80. The minimum atomic E-state index is -4.70. The third-order valence-electron chi connectivity index (χ3n) is 3.85. The number of rotatable bonds is 6. The highest BCUT2D eigenvalue weighted by atomic mass is 19.4. The summed E-state index contributed by atoms with van der Waals surface area (Å²) < 4.78 is 46.8. The Morgan fingerprint density at radius 2 is 1.93 bits per heavy atom. The number of halogens is 3. The van der Waals surface area contributed by atoms with Crippen molar-refractivity contribution in [2.45, 2.75) is 19.6 Å². The quantitative estimate of drug-likeness (QED) is 0.349. The number of nitrogens with two attached hydrogens (primary N) is 1. The molecule has 0 aliphatic rings. The van der Waals surface area contributed by atoms with Crippen molar-refractivity contribution in [3.8, 4) is 11.4 Å². The van der Waals surface area contributed by atoms with Crippen LogP contribution in [0.1, 0.15) is 28.7 Å². The molecule has 3 aromatic rings. The molecule has 0 aliphatic heterocycles. The number of nitrogens with zero attached hydrogens (tertiary/aromatic N) is 4. The molecule has 0 fully saturated rings. The van der Waals surface area contributed by atoms with Crippen LogP contribution in [0.15, 0.2) is 57.2 Å². The third-order valence-corrected chi connectivity index (χ3v) is 3.85. The fraction of sp³-hybridized carbons (Fsp3) is 0.211. The van der Waals surface area contributed by atoms with Crippen LogP contribution in [0.2, 0.25) is 0 Å². The maximum atomic E-state index is 12.5. The molecule has 0 radical (unpaired) electrons. The summed E-state index contributed by atoms with van der Waals surface area (Å²) in [6.45, 7) is 2.13. The summed E-state index contributed by atoms with van der Waals surface area (Å²) in [5.74, 6) is -2.06. The number of ether oxygens (including phenoxy) is 1. The van der Waals surface area contributed by atoms with Gasteiger partial charge in [-0.25, -0.2) is 4.79 Å². The number of carbonyl (C=O) groups excluding carboxylic acids is 1. The fourth-order valence-electron chi connectivity index (χ4n) is 2.38. The van der Waals surface area contributed by atoms with E-state index in [2.05, 4.69) is 24.9 Å². The number of nitrogen functional groups attached to an aromatic ring is 1. The van der Waals surface area contributed by atoms with Gasteiger partial charge < -0.3 is 15.0 Å². The van der Waals surface area contributed by atoms with Gasteiger partial charge in [0.15, 0.2) is 0 Å². The molecule has 30 heavy (non-hydrogen) atoms. The number of esters is 1. The number of benzene rings is 2. The van der Waals surface area contributed by atoms with E-state index in [9.17, 15) is 18.0 Å². The summed E-state index contributed by atoms with van der Waals surface area (Å²) in [5, 5.41) is 11.4. The lowest BCUT2D eigenvalue weighted by Crippen LogP contribution is -2.04. The van der Waals surface area contributed by atoms with Crippen LogP contribution in [-0.4, -0.2) is 22.7 Å². The van der Waals surface area contributed by atoms with Crippen LogP contribution < -0.4 is 5.73 Å². The van der Waals surface area contributed by atoms with Gasteiger partial charge in [-0.2, -0.15) is 28.4 Å². The van der Waals surface area contributed by atoms with Gasteiger partial charge in [-0.15, -0.1) is 0 Å². The van der Waals surface area contributed by atoms with E-state index in [4.69, 9.17) is 10.5 Å². The normalized spacial score (nSPS) is 11.7. The van der Waals surface area contributed by atoms with Gasteiger partial charge in [0.25, 0.3) is 0 Å². The van der Waals surface area contributed by atoms with Crippen LogP contribution >= 0.6 is 0 Å². The summed E-state index contributed by atoms with van der Waals surface area (Å²) in [5.41, 5.74) is 7.93. The molecule has 11 heteroatoms. The lowest BCUT2D eigenvalue weighted by atomic mass is 10.1. The van der Waals surface area contributed by atoms with Gasteiger partial charge in [0.05, 0.1) is 24.4 Å². The van der Waals surface area contributed by atoms with Crippen LogP contribution in [0.25, 0.3) is 11.4 Å². The summed E-state index contributed by atoms with van der Waals surface area (Å²) >= 11 is 0. The van der Waals surface area contributed by atoms with Crippen LogP contribution in [0, 0.1) is 0 Å². The first kappa shape index (κ1) is 21.0. The minimum Gasteiger partial charge on any atom is -0.462 e. The van der Waals surface area contributed by atoms with Crippen LogP contribution in [0.3, 0.4) is 0 Å². The van der Waals surface area contributed by atoms with E-state index in [0.717, 1.165) is 5.56 Å². The molecule has 0 bridgehead atoms. The SMILES string of the molecule is CCOC(=O)c1ccc(N)c(N=NCc2ccc(-c3noc(C(F)(F)F)n3)cc2)c1. The van der Waals surface area contributed by atoms with Gasteiger partial charge in [0, 0.05) is 5.56 Å². The van der Waals surface area contributed by atoms with Gasteiger partial charge in [-0.05, 0) is 30.7 Å². The van der Waals surface area contributed by atoms with Crippen molar-refractivity contribution < 1.29 is 27.2 Å². The Morgan fingerprint density at radius 3 is 2.57 bits per heavy atom. The highest BCUT2D eigenvalue weighted by Crippen LogP contribution is 2.29. The highest BCUT2D eigenvalue weighted by Gasteiger charge is 2.38. The average molecular weight is 419 g/mol. The second-order valence-electron chi connectivity index (χ2n) is 6.01. The first-order valence-electron chi connectivity index (χ1n) is 8.72. The molecule has 8 nitrogen and oxygen atoms in total. The summed E-state index contributed by atoms with van der Waals surface area (Å²) in [6, 6.07) is 10.9. The second kappa shape index (κ2) is 8.72. The summed E-state index contributed by atoms with van der Waals surface area (Å²) in [7, 11) is 0. The molecular weight excluding hydrogens is 403 g/mol. The smallest absolute Gasteiger partial charge is 0.462 e. The third kappa shape index (κ3) is 4.99. The molecule has 0 amide bonds. The number of hydrogen-bond donors (Lipinski definition) is 1. The monoisotopic (exact) mass is 419 g/mol. The molecule has 3 rings (SSSR count). The molecule has 0 atom stereocenters. The largest absolute Gasteiger partial charge is 0.471 e. The zero-order chi connectivity index (χ0) is 21.7. The first-order valence-corrected chi connectivity index (χ1v) is 8.72. The van der Waals surface area contributed by atoms with Gasteiger partial charge in [-0.1, -0.05) is 29.4 Å². The maximum Gasteiger partial charge on any atom is 0.471 e. The molecule has 0 saturated carbocycles. The summed E-state index contributed by atoms with van der Waals surface area (Å²) in [6.07, 6.45) is -4.70. The van der Waals surface area contributed by atoms with Crippen LogP contribution in [0.5, 0.6) is 0 Å². The van der Waals surface area contributed by atoms with Gasteiger partial charge in [0.1, 0.15) is 5.69 Å². The highest BCUT2D eigenvalue weighted by molar-refractivity contribution is 5.91. The molecule has 0 unspecified atom stereocenters. The van der Waals surface area contributed by atoms with Crippen molar-refractivity contribution in [2.75, 3.05) is 12.3 Å². The second-order valence-corrected chi connectivity index (χ2v) is 6.01. The number of anilines is 1. The lowest BCUT2D eigenvalue weighted by Gasteiger charge is -2.04.